The lowest BCUT2D eigenvalue weighted by Gasteiger charge is -2.05. The molecule has 0 amide bonds. The van der Waals surface area contributed by atoms with Crippen LogP contribution in [0, 0.1) is 0 Å². The summed E-state index contributed by atoms with van der Waals surface area (Å²) in [5.74, 6) is 0. The normalized spacial score (nSPS) is 11.9. The van der Waals surface area contributed by atoms with Gasteiger partial charge in [0, 0.05) is 23.3 Å². The molecule has 4 aromatic carbocycles. The Bertz CT molecular complexity index is 1260. The molecule has 5 aromatic rings. The first-order valence-corrected chi connectivity index (χ1v) is 9.09. The van der Waals surface area contributed by atoms with Crippen LogP contribution in [0.4, 0.5) is 0 Å². The first kappa shape index (κ1) is 14.5. The van der Waals surface area contributed by atoms with Gasteiger partial charge in [0.05, 0.1) is 5.52 Å². The van der Waals surface area contributed by atoms with E-state index in [-0.39, 0.29) is 0 Å². The Morgan fingerprint density at radius 1 is 0.760 bits per heavy atom. The summed E-state index contributed by atoms with van der Waals surface area (Å²) < 4.78 is 2.38. The maximum Gasteiger partial charge on any atom is 0.0521 e. The quantitative estimate of drug-likeness (QED) is 0.323. The van der Waals surface area contributed by atoms with Gasteiger partial charge in [-0.05, 0) is 51.7 Å². The Labute approximate surface area is 147 Å². The van der Waals surface area contributed by atoms with E-state index in [1.165, 1.54) is 55.3 Å². The van der Waals surface area contributed by atoms with Gasteiger partial charge in [0.1, 0.15) is 0 Å². The Morgan fingerprint density at radius 3 is 2.36 bits per heavy atom. The summed E-state index contributed by atoms with van der Waals surface area (Å²) in [4.78, 5) is 0. The van der Waals surface area contributed by atoms with Crippen LogP contribution >= 0.6 is 0 Å². The highest BCUT2D eigenvalue weighted by molar-refractivity contribution is 6.22. The Kier molecular flexibility index (Phi) is 3.11. The van der Waals surface area contributed by atoms with E-state index in [0.29, 0.717) is 0 Å². The zero-order valence-electron chi connectivity index (χ0n) is 14.7. The highest BCUT2D eigenvalue weighted by Crippen LogP contribution is 2.37. The second-order valence-corrected chi connectivity index (χ2v) is 7.00. The molecule has 0 aliphatic carbocycles. The molecule has 0 N–H and O–H groups in total. The lowest BCUT2D eigenvalue weighted by Crippen LogP contribution is -1.92. The number of hydrogen-bond acceptors (Lipinski definition) is 0. The second kappa shape index (κ2) is 5.35. The van der Waals surface area contributed by atoms with Crippen molar-refractivity contribution in [2.75, 3.05) is 0 Å². The summed E-state index contributed by atoms with van der Waals surface area (Å²) in [5.41, 5.74) is 4.16. The van der Waals surface area contributed by atoms with Crippen molar-refractivity contribution >= 4 is 43.4 Å². The van der Waals surface area contributed by atoms with Gasteiger partial charge in [-0.3, -0.25) is 0 Å². The van der Waals surface area contributed by atoms with E-state index in [1.54, 1.807) is 0 Å². The molecule has 0 spiro atoms. The number of aryl methyl sites for hydroxylation is 2. The van der Waals surface area contributed by atoms with Crippen molar-refractivity contribution < 1.29 is 0 Å². The Hall–Kier alpha value is -2.80. The van der Waals surface area contributed by atoms with Crippen molar-refractivity contribution in [2.24, 2.45) is 7.05 Å². The van der Waals surface area contributed by atoms with Crippen molar-refractivity contribution in [3.63, 3.8) is 0 Å². The van der Waals surface area contributed by atoms with Crippen molar-refractivity contribution in [3.8, 4) is 0 Å². The smallest absolute Gasteiger partial charge is 0.0521 e. The molecule has 0 fully saturated rings. The monoisotopic (exact) mass is 323 g/mol. The van der Waals surface area contributed by atoms with Crippen LogP contribution in [-0.2, 0) is 13.5 Å². The number of fused-ring (bicyclic) bond motifs is 6. The van der Waals surface area contributed by atoms with E-state index in [2.05, 4.69) is 85.3 Å². The predicted octanol–water partition coefficient (Wildman–Crippen LogP) is 6.59. The number of benzene rings is 4. The molecule has 1 heterocycles. The number of hydrogen-bond donors (Lipinski definition) is 0. The molecular formula is C24H21N. The summed E-state index contributed by atoms with van der Waals surface area (Å²) in [6.45, 7) is 2.25. The maximum atomic E-state index is 2.38. The fourth-order valence-electron chi connectivity index (χ4n) is 4.35. The molecule has 5 rings (SSSR count). The largest absolute Gasteiger partial charge is 0.343 e. The predicted molar refractivity (Wildman–Crippen MR) is 109 cm³/mol. The minimum atomic E-state index is 1.13. The third-order valence-electron chi connectivity index (χ3n) is 5.47. The standard InChI is InChI=1S/C24H21N/c1-3-7-16-10-6-11-20-23-21-15-18-9-5-4-8-17(18)14-19(21)12-13-22(23)25(2)24(16)20/h4-6,8-15H,3,7H2,1-2H3. The molecule has 122 valence electrons. The first-order chi connectivity index (χ1) is 12.3. The molecule has 0 unspecified atom stereocenters. The molecule has 0 aliphatic heterocycles. The fourth-order valence-corrected chi connectivity index (χ4v) is 4.35. The zero-order valence-corrected chi connectivity index (χ0v) is 14.7. The summed E-state index contributed by atoms with van der Waals surface area (Å²) in [6, 6.07) is 24.6. The molecule has 0 saturated heterocycles. The Morgan fingerprint density at radius 2 is 1.56 bits per heavy atom. The topological polar surface area (TPSA) is 4.93 Å². The van der Waals surface area contributed by atoms with E-state index in [9.17, 15) is 0 Å². The van der Waals surface area contributed by atoms with E-state index in [1.807, 2.05) is 0 Å². The van der Waals surface area contributed by atoms with Crippen LogP contribution < -0.4 is 0 Å². The van der Waals surface area contributed by atoms with Crippen LogP contribution in [0.3, 0.4) is 0 Å². The van der Waals surface area contributed by atoms with Crippen LogP contribution in [0.15, 0.2) is 66.7 Å². The Balaban J connectivity index is 2.01. The van der Waals surface area contributed by atoms with Gasteiger partial charge in [-0.25, -0.2) is 0 Å². The molecule has 1 aromatic heterocycles. The first-order valence-electron chi connectivity index (χ1n) is 9.09. The number of aromatic nitrogens is 1. The van der Waals surface area contributed by atoms with Crippen LogP contribution in [-0.4, -0.2) is 4.57 Å². The molecule has 0 bridgehead atoms. The number of para-hydroxylation sites is 1. The zero-order chi connectivity index (χ0) is 17.0. The summed E-state index contributed by atoms with van der Waals surface area (Å²) in [5, 5.41) is 8.06. The van der Waals surface area contributed by atoms with Crippen LogP contribution in [0.25, 0.3) is 43.4 Å². The van der Waals surface area contributed by atoms with Gasteiger partial charge in [-0.2, -0.15) is 0 Å². The van der Waals surface area contributed by atoms with E-state index < -0.39 is 0 Å². The molecule has 0 aliphatic rings. The molecule has 0 saturated carbocycles. The average Bonchev–Trinajstić information content (AvgIpc) is 2.94. The van der Waals surface area contributed by atoms with Gasteiger partial charge >= 0.3 is 0 Å². The van der Waals surface area contributed by atoms with Crippen molar-refractivity contribution in [1.82, 2.24) is 4.57 Å². The van der Waals surface area contributed by atoms with E-state index in [0.717, 1.165) is 6.42 Å². The fraction of sp³-hybridized carbons (Fsp3) is 0.167. The van der Waals surface area contributed by atoms with Gasteiger partial charge < -0.3 is 4.57 Å². The molecule has 1 heteroatoms. The lowest BCUT2D eigenvalue weighted by atomic mass is 9.98. The molecular weight excluding hydrogens is 302 g/mol. The maximum absolute atomic E-state index is 2.38. The minimum absolute atomic E-state index is 1.13. The lowest BCUT2D eigenvalue weighted by molar-refractivity contribution is 0.912. The van der Waals surface area contributed by atoms with Gasteiger partial charge in [-0.15, -0.1) is 0 Å². The van der Waals surface area contributed by atoms with Crippen LogP contribution in [0.5, 0.6) is 0 Å². The highest BCUT2D eigenvalue weighted by Gasteiger charge is 2.14. The summed E-state index contributed by atoms with van der Waals surface area (Å²) in [7, 11) is 2.21. The van der Waals surface area contributed by atoms with E-state index in [4.69, 9.17) is 0 Å². The average molecular weight is 323 g/mol. The minimum Gasteiger partial charge on any atom is -0.343 e. The third kappa shape index (κ3) is 2.02. The van der Waals surface area contributed by atoms with E-state index >= 15 is 0 Å². The SMILES string of the molecule is CCCc1cccc2c3c4cc5ccccc5cc4ccc3n(C)c12. The van der Waals surface area contributed by atoms with Crippen molar-refractivity contribution in [3.05, 3.63) is 72.3 Å². The van der Waals surface area contributed by atoms with Gasteiger partial charge in [0.25, 0.3) is 0 Å². The molecule has 0 atom stereocenters. The van der Waals surface area contributed by atoms with Crippen LogP contribution in [0.2, 0.25) is 0 Å². The number of nitrogens with zero attached hydrogens (tertiary/aromatic N) is 1. The van der Waals surface area contributed by atoms with Crippen molar-refractivity contribution in [1.29, 1.82) is 0 Å². The van der Waals surface area contributed by atoms with Crippen molar-refractivity contribution in [2.45, 2.75) is 19.8 Å². The summed E-state index contributed by atoms with van der Waals surface area (Å²) in [6.07, 6.45) is 2.30. The molecule has 1 nitrogen and oxygen atoms in total. The molecule has 25 heavy (non-hydrogen) atoms. The third-order valence-corrected chi connectivity index (χ3v) is 5.47. The van der Waals surface area contributed by atoms with Gasteiger partial charge in [-0.1, -0.05) is 61.9 Å². The van der Waals surface area contributed by atoms with Gasteiger partial charge in [0.2, 0.25) is 0 Å². The molecule has 0 radical (unpaired) electrons. The van der Waals surface area contributed by atoms with Gasteiger partial charge in [0.15, 0.2) is 0 Å². The highest BCUT2D eigenvalue weighted by atomic mass is 14.9. The van der Waals surface area contributed by atoms with Crippen LogP contribution in [0.1, 0.15) is 18.9 Å². The summed E-state index contributed by atoms with van der Waals surface area (Å²) >= 11 is 0. The second-order valence-electron chi connectivity index (χ2n) is 7.00. The number of rotatable bonds is 2.